The minimum Gasteiger partial charge on any atom is -0.292 e. The van der Waals surface area contributed by atoms with Crippen LogP contribution in [0.4, 0.5) is 0 Å². The van der Waals surface area contributed by atoms with Crippen molar-refractivity contribution < 1.29 is 4.79 Å². The van der Waals surface area contributed by atoms with E-state index in [0.29, 0.717) is 17.1 Å². The Balaban J connectivity index is 2.27. The van der Waals surface area contributed by atoms with E-state index in [4.69, 9.17) is 11.6 Å². The molecule has 88 valence electrons. The second-order valence-electron chi connectivity index (χ2n) is 3.95. The van der Waals surface area contributed by atoms with Crippen LogP contribution in [0.15, 0.2) is 18.3 Å². The summed E-state index contributed by atoms with van der Waals surface area (Å²) in [6.07, 6.45) is 7.92. The highest BCUT2D eigenvalue weighted by Gasteiger charge is 2.06. The molecule has 2 nitrogen and oxygen atoms in total. The summed E-state index contributed by atoms with van der Waals surface area (Å²) in [5.74, 6) is 0.119. The molecule has 1 rings (SSSR count). The predicted molar refractivity (Wildman–Crippen MR) is 67.0 cm³/mol. The number of unbranched alkanes of at least 4 members (excludes halogenated alkanes) is 4. The van der Waals surface area contributed by atoms with Gasteiger partial charge in [0.25, 0.3) is 0 Å². The Bertz CT molecular complexity index is 321. The first-order valence-corrected chi connectivity index (χ1v) is 6.26. The van der Waals surface area contributed by atoms with Crippen molar-refractivity contribution in [2.24, 2.45) is 0 Å². The van der Waals surface area contributed by atoms with Gasteiger partial charge in [-0.15, -0.1) is 0 Å². The summed E-state index contributed by atoms with van der Waals surface area (Å²) in [6.45, 7) is 2.18. The molecule has 3 heteroatoms. The molecule has 0 atom stereocenters. The normalized spacial score (nSPS) is 10.4. The lowest BCUT2D eigenvalue weighted by Gasteiger charge is -2.00. The van der Waals surface area contributed by atoms with Gasteiger partial charge in [-0.25, -0.2) is 0 Å². The van der Waals surface area contributed by atoms with Gasteiger partial charge in [0.2, 0.25) is 0 Å². The molecule has 0 saturated carbocycles. The summed E-state index contributed by atoms with van der Waals surface area (Å²) in [5, 5.41) is 0.569. The third-order valence-corrected chi connectivity index (χ3v) is 2.74. The SMILES string of the molecule is CCCCCCCC(=O)c1ccc(Cl)cn1. The number of halogens is 1. The van der Waals surface area contributed by atoms with Crippen LogP contribution in [-0.4, -0.2) is 10.8 Å². The van der Waals surface area contributed by atoms with Crippen molar-refractivity contribution in [3.05, 3.63) is 29.0 Å². The summed E-state index contributed by atoms with van der Waals surface area (Å²) in [5.41, 5.74) is 0.528. The predicted octanol–water partition coefficient (Wildman–Crippen LogP) is 4.28. The number of pyridine rings is 1. The number of hydrogen-bond donors (Lipinski definition) is 0. The van der Waals surface area contributed by atoms with Gasteiger partial charge in [0.15, 0.2) is 5.78 Å². The van der Waals surface area contributed by atoms with Gasteiger partial charge in [-0.2, -0.15) is 0 Å². The molecule has 0 aliphatic heterocycles. The monoisotopic (exact) mass is 239 g/mol. The van der Waals surface area contributed by atoms with Gasteiger partial charge in [-0.3, -0.25) is 9.78 Å². The molecule has 0 aromatic carbocycles. The van der Waals surface area contributed by atoms with Crippen molar-refractivity contribution >= 4 is 17.4 Å². The summed E-state index contributed by atoms with van der Waals surface area (Å²) < 4.78 is 0. The lowest BCUT2D eigenvalue weighted by atomic mass is 10.1. The van der Waals surface area contributed by atoms with Gasteiger partial charge in [-0.1, -0.05) is 44.2 Å². The van der Waals surface area contributed by atoms with E-state index in [1.165, 1.54) is 25.5 Å². The molecule has 0 aliphatic rings. The van der Waals surface area contributed by atoms with E-state index in [1.54, 1.807) is 12.1 Å². The highest BCUT2D eigenvalue weighted by molar-refractivity contribution is 6.30. The van der Waals surface area contributed by atoms with E-state index >= 15 is 0 Å². The van der Waals surface area contributed by atoms with Gasteiger partial charge < -0.3 is 0 Å². The van der Waals surface area contributed by atoms with Crippen LogP contribution in [0.5, 0.6) is 0 Å². The number of Topliss-reactive ketones (excluding diaryl/α,β-unsaturated/α-hetero) is 1. The van der Waals surface area contributed by atoms with E-state index in [9.17, 15) is 4.79 Å². The molecule has 1 aromatic heterocycles. The molecule has 0 N–H and O–H groups in total. The van der Waals surface area contributed by atoms with E-state index < -0.39 is 0 Å². The molecule has 16 heavy (non-hydrogen) atoms. The summed E-state index contributed by atoms with van der Waals surface area (Å²) >= 11 is 5.70. The maximum absolute atomic E-state index is 11.7. The number of nitrogens with zero attached hydrogens (tertiary/aromatic N) is 1. The number of hydrogen-bond acceptors (Lipinski definition) is 2. The highest BCUT2D eigenvalue weighted by Crippen LogP contribution is 2.11. The van der Waals surface area contributed by atoms with Gasteiger partial charge >= 0.3 is 0 Å². The third-order valence-electron chi connectivity index (χ3n) is 2.52. The Hall–Kier alpha value is -0.890. The lowest BCUT2D eigenvalue weighted by Crippen LogP contribution is -2.01. The van der Waals surface area contributed by atoms with Crippen LogP contribution in [0.2, 0.25) is 5.02 Å². The molecule has 0 bridgehead atoms. The van der Waals surface area contributed by atoms with E-state index in [2.05, 4.69) is 11.9 Å². The van der Waals surface area contributed by atoms with Gasteiger partial charge in [-0.05, 0) is 18.6 Å². The molecule has 1 aromatic rings. The zero-order valence-corrected chi connectivity index (χ0v) is 10.5. The molecule has 0 unspecified atom stereocenters. The molecule has 0 amide bonds. The summed E-state index contributed by atoms with van der Waals surface area (Å²) in [6, 6.07) is 3.40. The number of carbonyl (C=O) groups is 1. The summed E-state index contributed by atoms with van der Waals surface area (Å²) in [4.78, 5) is 15.7. The molecule has 0 fully saturated rings. The Morgan fingerprint density at radius 3 is 2.62 bits per heavy atom. The van der Waals surface area contributed by atoms with Crippen LogP contribution in [0.3, 0.4) is 0 Å². The van der Waals surface area contributed by atoms with E-state index in [-0.39, 0.29) is 5.78 Å². The van der Waals surface area contributed by atoms with Gasteiger partial charge in [0, 0.05) is 12.6 Å². The Labute approximate surface area is 102 Å². The Morgan fingerprint density at radius 2 is 2.00 bits per heavy atom. The van der Waals surface area contributed by atoms with Crippen LogP contribution < -0.4 is 0 Å². The van der Waals surface area contributed by atoms with Crippen LogP contribution in [-0.2, 0) is 0 Å². The number of aromatic nitrogens is 1. The van der Waals surface area contributed by atoms with Crippen LogP contribution in [0.25, 0.3) is 0 Å². The first kappa shape index (κ1) is 13.2. The maximum Gasteiger partial charge on any atom is 0.181 e. The first-order chi connectivity index (χ1) is 7.74. The van der Waals surface area contributed by atoms with Gasteiger partial charge in [0.05, 0.1) is 5.02 Å². The molecule has 0 radical (unpaired) electrons. The molecule has 0 saturated heterocycles. The fourth-order valence-corrected chi connectivity index (χ4v) is 1.67. The van der Waals surface area contributed by atoms with Crippen molar-refractivity contribution in [3.8, 4) is 0 Å². The average Bonchev–Trinajstić information content (AvgIpc) is 2.29. The topological polar surface area (TPSA) is 30.0 Å². The largest absolute Gasteiger partial charge is 0.292 e. The van der Waals surface area contributed by atoms with Crippen molar-refractivity contribution in [3.63, 3.8) is 0 Å². The van der Waals surface area contributed by atoms with Crippen LogP contribution >= 0.6 is 11.6 Å². The smallest absolute Gasteiger partial charge is 0.181 e. The second-order valence-corrected chi connectivity index (χ2v) is 4.39. The number of rotatable bonds is 7. The van der Waals surface area contributed by atoms with Crippen molar-refractivity contribution in [2.75, 3.05) is 0 Å². The molecule has 1 heterocycles. The zero-order chi connectivity index (χ0) is 11.8. The lowest BCUT2D eigenvalue weighted by molar-refractivity contribution is 0.0974. The summed E-state index contributed by atoms with van der Waals surface area (Å²) in [7, 11) is 0. The van der Waals surface area contributed by atoms with E-state index in [0.717, 1.165) is 12.8 Å². The van der Waals surface area contributed by atoms with Gasteiger partial charge in [0.1, 0.15) is 5.69 Å². The fourth-order valence-electron chi connectivity index (χ4n) is 1.56. The van der Waals surface area contributed by atoms with Crippen LogP contribution in [0.1, 0.15) is 55.9 Å². The minimum atomic E-state index is 0.119. The first-order valence-electron chi connectivity index (χ1n) is 5.88. The zero-order valence-electron chi connectivity index (χ0n) is 9.71. The fraction of sp³-hybridized carbons (Fsp3) is 0.538. The number of carbonyl (C=O) groups excluding carboxylic acids is 1. The molecule has 0 spiro atoms. The second kappa shape index (κ2) is 7.39. The maximum atomic E-state index is 11.7. The third kappa shape index (κ3) is 4.75. The Morgan fingerprint density at radius 1 is 1.25 bits per heavy atom. The van der Waals surface area contributed by atoms with Crippen molar-refractivity contribution in [1.82, 2.24) is 4.98 Å². The van der Waals surface area contributed by atoms with E-state index in [1.807, 2.05) is 0 Å². The standard InChI is InChI=1S/C13H18ClNO/c1-2-3-4-5-6-7-13(16)12-9-8-11(14)10-15-12/h8-10H,2-7H2,1H3. The molecular weight excluding hydrogens is 222 g/mol. The minimum absolute atomic E-state index is 0.119. The van der Waals surface area contributed by atoms with Crippen LogP contribution in [0, 0.1) is 0 Å². The molecular formula is C13H18ClNO. The van der Waals surface area contributed by atoms with Crippen molar-refractivity contribution in [2.45, 2.75) is 45.4 Å². The molecule has 0 aliphatic carbocycles. The van der Waals surface area contributed by atoms with Crippen molar-refractivity contribution in [1.29, 1.82) is 0 Å². The quantitative estimate of drug-likeness (QED) is 0.525. The average molecular weight is 240 g/mol. The Kier molecular flexibility index (Phi) is 6.09. The number of ketones is 1. The highest BCUT2D eigenvalue weighted by atomic mass is 35.5.